The predicted molar refractivity (Wildman–Crippen MR) is 85.0 cm³/mol. The summed E-state index contributed by atoms with van der Waals surface area (Å²) in [5.41, 5.74) is 9.24. The third-order valence-corrected chi connectivity index (χ3v) is 4.36. The number of anilines is 1. The van der Waals surface area contributed by atoms with Crippen molar-refractivity contribution in [2.24, 2.45) is 0 Å². The van der Waals surface area contributed by atoms with Gasteiger partial charge in [-0.05, 0) is 31.9 Å². The Bertz CT molecular complexity index is 606. The highest BCUT2D eigenvalue weighted by molar-refractivity contribution is 5.83. The molecule has 3 rings (SSSR count). The molecule has 122 valence electrons. The highest BCUT2D eigenvalue weighted by Crippen LogP contribution is 2.21. The maximum atomic E-state index is 12.3. The van der Waals surface area contributed by atoms with E-state index in [4.69, 9.17) is 0 Å². The van der Waals surface area contributed by atoms with Gasteiger partial charge < -0.3 is 10.2 Å². The highest BCUT2D eigenvalue weighted by Gasteiger charge is 2.31. The number of aromatic nitrogens is 1. The lowest BCUT2D eigenvalue weighted by atomic mass is 10.0. The van der Waals surface area contributed by atoms with Crippen LogP contribution in [0.2, 0.25) is 0 Å². The molecule has 0 saturated carbocycles. The summed E-state index contributed by atoms with van der Waals surface area (Å²) in [6.45, 7) is 3.51. The first kappa shape index (κ1) is 15.7. The molecular weight excluding hydrogens is 294 g/mol. The summed E-state index contributed by atoms with van der Waals surface area (Å²) >= 11 is 0. The molecule has 1 aromatic rings. The number of nitrogens with zero attached hydrogens (tertiary/aromatic N) is 3. The van der Waals surface area contributed by atoms with Gasteiger partial charge in [0.25, 0.3) is 0 Å². The quantitative estimate of drug-likeness (QED) is 0.591. The fourth-order valence-corrected chi connectivity index (χ4v) is 3.00. The Kier molecular flexibility index (Phi) is 4.71. The lowest BCUT2D eigenvalue weighted by molar-refractivity contribution is -0.123. The summed E-state index contributed by atoms with van der Waals surface area (Å²) < 4.78 is 0. The van der Waals surface area contributed by atoms with Crippen LogP contribution in [0, 0.1) is 11.3 Å². The van der Waals surface area contributed by atoms with E-state index in [-0.39, 0.29) is 24.0 Å². The number of hydrogen-bond acceptors (Lipinski definition) is 7. The second-order valence-electron chi connectivity index (χ2n) is 5.94. The molecule has 2 aliphatic rings. The third-order valence-electron chi connectivity index (χ3n) is 4.36. The molecule has 1 aromatic heterocycles. The largest absolute Gasteiger partial charge is 0.355 e. The van der Waals surface area contributed by atoms with Gasteiger partial charge >= 0.3 is 0 Å². The van der Waals surface area contributed by atoms with Crippen LogP contribution in [0.1, 0.15) is 25.3 Å². The van der Waals surface area contributed by atoms with E-state index in [1.54, 1.807) is 18.3 Å². The fraction of sp³-hybridized carbons (Fsp3) is 0.533. The number of carbonyl (C=O) groups excluding carboxylic acids is 1. The molecule has 23 heavy (non-hydrogen) atoms. The minimum atomic E-state index is -0.269. The van der Waals surface area contributed by atoms with Crippen LogP contribution in [-0.2, 0) is 4.79 Å². The van der Waals surface area contributed by atoms with E-state index in [0.29, 0.717) is 5.56 Å². The molecule has 8 heteroatoms. The van der Waals surface area contributed by atoms with Gasteiger partial charge in [0, 0.05) is 31.4 Å². The van der Waals surface area contributed by atoms with Gasteiger partial charge in [-0.2, -0.15) is 10.8 Å². The van der Waals surface area contributed by atoms with Crippen LogP contribution in [0.15, 0.2) is 18.3 Å². The number of nitrogens with one attached hydrogen (secondary N) is 4. The average molecular weight is 315 g/mol. The molecule has 0 radical (unpaired) electrons. The molecule has 0 aromatic carbocycles. The Morgan fingerprint density at radius 3 is 2.87 bits per heavy atom. The van der Waals surface area contributed by atoms with Gasteiger partial charge in [-0.1, -0.05) is 0 Å². The molecule has 0 spiro atoms. The van der Waals surface area contributed by atoms with Crippen LogP contribution in [0.25, 0.3) is 0 Å². The minimum Gasteiger partial charge on any atom is -0.355 e. The first-order valence-electron chi connectivity index (χ1n) is 7.85. The summed E-state index contributed by atoms with van der Waals surface area (Å²) in [5.74, 6) is 0.739. The number of nitriles is 1. The average Bonchev–Trinajstić information content (AvgIpc) is 3.02. The molecule has 8 nitrogen and oxygen atoms in total. The number of hydrazine groups is 2. The van der Waals surface area contributed by atoms with Crippen molar-refractivity contribution in [1.29, 1.82) is 5.26 Å². The molecule has 0 aliphatic carbocycles. The van der Waals surface area contributed by atoms with Crippen molar-refractivity contribution in [3.8, 4) is 6.07 Å². The third kappa shape index (κ3) is 3.42. The number of rotatable bonds is 3. The zero-order chi connectivity index (χ0) is 16.2. The molecule has 0 bridgehead atoms. The first-order chi connectivity index (χ1) is 11.2. The maximum Gasteiger partial charge on any atom is 0.240 e. The second-order valence-corrected chi connectivity index (χ2v) is 5.94. The van der Waals surface area contributed by atoms with E-state index in [0.717, 1.165) is 31.7 Å². The van der Waals surface area contributed by atoms with Gasteiger partial charge in [-0.3, -0.25) is 4.79 Å². The monoisotopic (exact) mass is 315 g/mol. The lowest BCUT2D eigenvalue weighted by Crippen LogP contribution is -2.52. The Balaban J connectivity index is 1.54. The van der Waals surface area contributed by atoms with Gasteiger partial charge in [0.05, 0.1) is 5.56 Å². The number of amides is 1. The van der Waals surface area contributed by atoms with Crippen LogP contribution in [-0.4, -0.2) is 42.1 Å². The second kappa shape index (κ2) is 6.91. The molecule has 2 unspecified atom stereocenters. The van der Waals surface area contributed by atoms with Crippen LogP contribution in [0.4, 0.5) is 5.82 Å². The van der Waals surface area contributed by atoms with Crippen LogP contribution in [0.3, 0.4) is 0 Å². The fourth-order valence-electron chi connectivity index (χ4n) is 3.00. The number of piperidine rings is 1. The van der Waals surface area contributed by atoms with E-state index < -0.39 is 0 Å². The van der Waals surface area contributed by atoms with Crippen molar-refractivity contribution in [1.82, 2.24) is 26.7 Å². The van der Waals surface area contributed by atoms with Crippen LogP contribution < -0.4 is 26.6 Å². The summed E-state index contributed by atoms with van der Waals surface area (Å²) in [6.07, 6.45) is 3.39. The van der Waals surface area contributed by atoms with Crippen molar-refractivity contribution in [3.05, 3.63) is 23.9 Å². The van der Waals surface area contributed by atoms with Gasteiger partial charge in [0.2, 0.25) is 5.91 Å². The molecular formula is C15H21N7O. The Labute approximate surface area is 135 Å². The van der Waals surface area contributed by atoms with Crippen molar-refractivity contribution in [3.63, 3.8) is 0 Å². The van der Waals surface area contributed by atoms with Crippen molar-refractivity contribution >= 4 is 11.7 Å². The van der Waals surface area contributed by atoms with Crippen LogP contribution in [0.5, 0.6) is 0 Å². The molecule has 2 saturated heterocycles. The van der Waals surface area contributed by atoms with Gasteiger partial charge in [-0.15, -0.1) is 0 Å². The number of pyridine rings is 1. The van der Waals surface area contributed by atoms with E-state index in [1.807, 2.05) is 6.92 Å². The van der Waals surface area contributed by atoms with Crippen LogP contribution >= 0.6 is 0 Å². The maximum absolute atomic E-state index is 12.3. The van der Waals surface area contributed by atoms with E-state index in [1.165, 1.54) is 0 Å². The molecule has 1 amide bonds. The van der Waals surface area contributed by atoms with Crippen molar-refractivity contribution < 1.29 is 4.79 Å². The summed E-state index contributed by atoms with van der Waals surface area (Å²) in [7, 11) is 0. The lowest BCUT2D eigenvalue weighted by Gasteiger charge is -2.34. The van der Waals surface area contributed by atoms with E-state index >= 15 is 0 Å². The first-order valence-corrected chi connectivity index (χ1v) is 7.85. The molecule has 3 heterocycles. The Morgan fingerprint density at radius 2 is 2.22 bits per heavy atom. The van der Waals surface area contributed by atoms with E-state index in [9.17, 15) is 10.1 Å². The topological polar surface area (TPSA) is 105 Å². The summed E-state index contributed by atoms with van der Waals surface area (Å²) in [5, 5.41) is 12.3. The Hall–Kier alpha value is -2.21. The Morgan fingerprint density at radius 1 is 1.43 bits per heavy atom. The van der Waals surface area contributed by atoms with Gasteiger partial charge in [0.1, 0.15) is 17.9 Å². The van der Waals surface area contributed by atoms with Crippen molar-refractivity contribution in [2.75, 3.05) is 18.0 Å². The minimum absolute atomic E-state index is 0.00370. The summed E-state index contributed by atoms with van der Waals surface area (Å²) in [6, 6.07) is 5.66. The molecule has 2 atom stereocenters. The van der Waals surface area contributed by atoms with E-state index in [2.05, 4.69) is 37.7 Å². The zero-order valence-electron chi connectivity index (χ0n) is 13.0. The number of hydrogen-bond donors (Lipinski definition) is 4. The smallest absolute Gasteiger partial charge is 0.240 e. The SMILES string of the molecule is CC1NNNC1C(=O)NC1CCN(c2ncccc2C#N)CC1. The van der Waals surface area contributed by atoms with Gasteiger partial charge in [-0.25, -0.2) is 15.8 Å². The zero-order valence-corrected chi connectivity index (χ0v) is 13.0. The number of carbonyl (C=O) groups is 1. The highest BCUT2D eigenvalue weighted by atomic mass is 16.2. The standard InChI is InChI=1S/C15H21N7O/c1-10-13(20-21-19-10)15(23)18-12-4-7-22(8-5-12)14-11(9-16)3-2-6-17-14/h2-3,6,10,12-13,19-21H,4-5,7-8H2,1H3,(H,18,23). The molecule has 4 N–H and O–H groups in total. The predicted octanol–water partition coefficient (Wildman–Crippen LogP) is -0.592. The normalized spacial score (nSPS) is 25.1. The molecule has 2 aliphatic heterocycles. The van der Waals surface area contributed by atoms with Gasteiger partial charge in [0.15, 0.2) is 0 Å². The molecule has 2 fully saturated rings. The summed E-state index contributed by atoms with van der Waals surface area (Å²) in [4.78, 5) is 18.7. The van der Waals surface area contributed by atoms with Crippen molar-refractivity contribution in [2.45, 2.75) is 37.9 Å².